The van der Waals surface area contributed by atoms with Crippen molar-refractivity contribution in [3.8, 4) is 45.3 Å². The van der Waals surface area contributed by atoms with Crippen LogP contribution in [0, 0.1) is 12.7 Å². The molecule has 6 rings (SSSR count). The van der Waals surface area contributed by atoms with E-state index in [-0.39, 0.29) is 40.0 Å². The minimum atomic E-state index is -0.504. The molecule has 0 radical (unpaired) electrons. The maximum absolute atomic E-state index is 13.6. The fraction of sp³-hybridized carbons (Fsp3) is 0.333. The van der Waals surface area contributed by atoms with Gasteiger partial charge in [-0.25, -0.2) is 14.4 Å². The highest BCUT2D eigenvalue weighted by Gasteiger charge is 2.21. The van der Waals surface area contributed by atoms with Gasteiger partial charge in [-0.05, 0) is 131 Å². The maximum Gasteiger partial charge on any atom is 0.251 e. The Morgan fingerprint density at radius 1 is 0.614 bits per heavy atom. The lowest BCUT2D eigenvalue weighted by Gasteiger charge is -2.21. The molecule has 298 valence electrons. The summed E-state index contributed by atoms with van der Waals surface area (Å²) in [5, 5.41) is 14.8. The van der Waals surface area contributed by atoms with E-state index in [1.807, 2.05) is 101 Å². The van der Waals surface area contributed by atoms with Crippen molar-refractivity contribution in [2.45, 2.75) is 99.3 Å². The number of hydrogen-bond donors (Lipinski definition) is 2. The summed E-state index contributed by atoms with van der Waals surface area (Å²) in [4.78, 5) is 35.3. The Morgan fingerprint density at radius 2 is 1.02 bits per heavy atom. The van der Waals surface area contributed by atoms with Crippen LogP contribution in [0.2, 0.25) is 5.02 Å². The average molecular weight is 791 g/mol. The molecule has 0 aliphatic carbocycles. The molecule has 12 heteroatoms. The first kappa shape index (κ1) is 42.5. The first-order chi connectivity index (χ1) is 26.7. The molecule has 4 aromatic heterocycles. The first-order valence-corrected chi connectivity index (χ1v) is 19.4. The zero-order valence-electron chi connectivity index (χ0n) is 34.6. The molecular weight excluding hydrogens is 739 g/mol. The standard InChI is InChI=1S/C23H28N4O.C22H24ClFN4O/c1-15(2)27-21(11-12-24-27)20-14-18(22(28)26-23(4,5)6)13-19(25-20)17-9-7-16(3)8-10-17;1-13(2)28-20(8-9-25-28)19-12-15(21(29)27-22(3,4)5)11-18(26-19)14-6-7-17(24)16(23)10-14/h7-15H,1-6H3,(H,26,28);6-13H,1-5H3,(H,27,29). The summed E-state index contributed by atoms with van der Waals surface area (Å²) >= 11 is 5.96. The SMILES string of the molecule is CC(C)n1nccc1-c1cc(C(=O)NC(C)(C)C)cc(-c2ccc(F)c(Cl)c2)n1.Cc1ccc(-c2cc(C(=O)NC(C)(C)C)cc(-c3ccnn3C(C)C)n2)cc1. The van der Waals surface area contributed by atoms with Gasteiger partial charge in [0.2, 0.25) is 0 Å². The Balaban J connectivity index is 0.000000218. The van der Waals surface area contributed by atoms with Gasteiger partial charge in [0.15, 0.2) is 0 Å². The molecule has 0 saturated heterocycles. The molecule has 2 amide bonds. The third-order valence-corrected chi connectivity index (χ3v) is 8.85. The van der Waals surface area contributed by atoms with Crippen LogP contribution in [0.25, 0.3) is 45.3 Å². The third-order valence-electron chi connectivity index (χ3n) is 8.56. The summed E-state index contributed by atoms with van der Waals surface area (Å²) in [7, 11) is 0. The molecule has 6 aromatic rings. The lowest BCUT2D eigenvalue weighted by atomic mass is 10.0. The number of pyridine rings is 2. The molecule has 0 aliphatic rings. The molecule has 4 heterocycles. The monoisotopic (exact) mass is 790 g/mol. The second kappa shape index (κ2) is 17.2. The lowest BCUT2D eigenvalue weighted by Crippen LogP contribution is -2.40. The van der Waals surface area contributed by atoms with Gasteiger partial charge in [0, 0.05) is 57.8 Å². The number of benzene rings is 2. The Kier molecular flexibility index (Phi) is 12.8. The third kappa shape index (κ3) is 11.0. The van der Waals surface area contributed by atoms with Crippen molar-refractivity contribution in [2.24, 2.45) is 0 Å². The van der Waals surface area contributed by atoms with Crippen molar-refractivity contribution in [3.63, 3.8) is 0 Å². The van der Waals surface area contributed by atoms with Crippen LogP contribution < -0.4 is 10.6 Å². The van der Waals surface area contributed by atoms with E-state index in [9.17, 15) is 14.0 Å². The molecule has 10 nitrogen and oxygen atoms in total. The fourth-order valence-corrected chi connectivity index (χ4v) is 6.12. The Labute approximate surface area is 339 Å². The van der Waals surface area contributed by atoms with Crippen LogP contribution in [-0.2, 0) is 0 Å². The van der Waals surface area contributed by atoms with Crippen LogP contribution in [0.3, 0.4) is 0 Å². The van der Waals surface area contributed by atoms with Gasteiger partial charge in [-0.15, -0.1) is 0 Å². The Bertz CT molecular complexity index is 2370. The predicted octanol–water partition coefficient (Wildman–Crippen LogP) is 10.5. The van der Waals surface area contributed by atoms with Crippen molar-refractivity contribution >= 4 is 23.4 Å². The summed E-state index contributed by atoms with van der Waals surface area (Å²) in [6, 6.07) is 23.8. The topological polar surface area (TPSA) is 120 Å². The van der Waals surface area contributed by atoms with E-state index < -0.39 is 5.82 Å². The minimum absolute atomic E-state index is 0.00242. The van der Waals surface area contributed by atoms with Crippen molar-refractivity contribution in [2.75, 3.05) is 0 Å². The van der Waals surface area contributed by atoms with E-state index in [2.05, 4.69) is 53.7 Å². The molecule has 0 bridgehead atoms. The molecule has 2 aromatic carbocycles. The van der Waals surface area contributed by atoms with Crippen molar-refractivity contribution in [3.05, 3.63) is 119 Å². The zero-order chi connectivity index (χ0) is 41.8. The number of carbonyl (C=O) groups excluding carboxylic acids is 2. The van der Waals surface area contributed by atoms with E-state index in [1.165, 1.54) is 17.7 Å². The van der Waals surface area contributed by atoms with E-state index in [4.69, 9.17) is 21.6 Å². The van der Waals surface area contributed by atoms with Gasteiger partial charge in [0.1, 0.15) is 5.82 Å². The number of rotatable bonds is 8. The molecule has 0 atom stereocenters. The van der Waals surface area contributed by atoms with Crippen LogP contribution in [0.15, 0.2) is 91.3 Å². The smallest absolute Gasteiger partial charge is 0.251 e. The predicted molar refractivity (Wildman–Crippen MR) is 227 cm³/mol. The molecule has 0 saturated carbocycles. The Morgan fingerprint density at radius 3 is 1.42 bits per heavy atom. The van der Waals surface area contributed by atoms with Gasteiger partial charge in [-0.3, -0.25) is 19.0 Å². The number of nitrogens with one attached hydrogen (secondary N) is 2. The highest BCUT2D eigenvalue weighted by atomic mass is 35.5. The van der Waals surface area contributed by atoms with Crippen molar-refractivity contribution in [1.29, 1.82) is 0 Å². The fourth-order valence-electron chi connectivity index (χ4n) is 5.94. The van der Waals surface area contributed by atoms with Gasteiger partial charge in [-0.2, -0.15) is 10.2 Å². The molecule has 57 heavy (non-hydrogen) atoms. The molecule has 0 fully saturated rings. The van der Waals surface area contributed by atoms with Gasteiger partial charge in [0.05, 0.1) is 39.2 Å². The van der Waals surface area contributed by atoms with Gasteiger partial charge in [-0.1, -0.05) is 41.4 Å². The first-order valence-electron chi connectivity index (χ1n) is 19.0. The van der Waals surface area contributed by atoms with Crippen LogP contribution >= 0.6 is 11.6 Å². The maximum atomic E-state index is 13.6. The highest BCUT2D eigenvalue weighted by molar-refractivity contribution is 6.31. The molecule has 2 N–H and O–H groups in total. The second-order valence-corrected chi connectivity index (χ2v) is 17.1. The largest absolute Gasteiger partial charge is 0.347 e. The van der Waals surface area contributed by atoms with Gasteiger partial charge in [0.25, 0.3) is 11.8 Å². The molecule has 0 aliphatic heterocycles. The average Bonchev–Trinajstić information content (AvgIpc) is 3.83. The second-order valence-electron chi connectivity index (χ2n) is 16.7. The summed E-state index contributed by atoms with van der Waals surface area (Å²) in [5.41, 5.74) is 7.46. The molecular formula is C45H52ClFN8O2. The summed E-state index contributed by atoms with van der Waals surface area (Å²) in [5.74, 6) is -0.832. The van der Waals surface area contributed by atoms with Gasteiger partial charge >= 0.3 is 0 Å². The Hall–Kier alpha value is -5.68. The van der Waals surface area contributed by atoms with E-state index in [0.29, 0.717) is 28.1 Å². The van der Waals surface area contributed by atoms with Crippen LogP contribution in [-0.4, -0.2) is 52.4 Å². The molecule has 0 spiro atoms. The number of amides is 2. The summed E-state index contributed by atoms with van der Waals surface area (Å²) in [6.45, 7) is 21.9. The van der Waals surface area contributed by atoms with Crippen LogP contribution in [0.4, 0.5) is 4.39 Å². The molecule has 0 unspecified atom stereocenters. The van der Waals surface area contributed by atoms with Crippen molar-refractivity contribution < 1.29 is 14.0 Å². The number of nitrogens with zero attached hydrogens (tertiary/aromatic N) is 6. The van der Waals surface area contributed by atoms with E-state index >= 15 is 0 Å². The number of aromatic nitrogens is 6. The number of carbonyl (C=O) groups is 2. The summed E-state index contributed by atoms with van der Waals surface area (Å²) < 4.78 is 17.4. The number of aryl methyl sites for hydroxylation is 1. The van der Waals surface area contributed by atoms with Crippen LogP contribution in [0.5, 0.6) is 0 Å². The highest BCUT2D eigenvalue weighted by Crippen LogP contribution is 2.30. The normalized spacial score (nSPS) is 11.7. The number of halogens is 2. The number of hydrogen-bond acceptors (Lipinski definition) is 6. The van der Waals surface area contributed by atoms with Crippen LogP contribution in [0.1, 0.15) is 108 Å². The zero-order valence-corrected chi connectivity index (χ0v) is 35.3. The van der Waals surface area contributed by atoms with E-state index in [1.54, 1.807) is 30.6 Å². The minimum Gasteiger partial charge on any atom is -0.347 e. The van der Waals surface area contributed by atoms with E-state index in [0.717, 1.165) is 28.3 Å². The van der Waals surface area contributed by atoms with Gasteiger partial charge < -0.3 is 10.6 Å². The van der Waals surface area contributed by atoms with Crippen molar-refractivity contribution in [1.82, 2.24) is 40.2 Å². The summed E-state index contributed by atoms with van der Waals surface area (Å²) in [6.07, 6.45) is 3.47. The lowest BCUT2D eigenvalue weighted by molar-refractivity contribution is 0.0910. The quantitative estimate of drug-likeness (QED) is 0.158.